The molecule has 0 bridgehead atoms. The van der Waals surface area contributed by atoms with Gasteiger partial charge < -0.3 is 9.47 Å². The molecule has 0 amide bonds. The van der Waals surface area contributed by atoms with Crippen LogP contribution in [-0.2, 0) is 23.9 Å². The Hall–Kier alpha value is -1.75. The predicted octanol–water partition coefficient (Wildman–Crippen LogP) is 5.22. The minimum atomic E-state index is -1.05. The van der Waals surface area contributed by atoms with Gasteiger partial charge in [-0.1, -0.05) is 32.9 Å². The van der Waals surface area contributed by atoms with Crippen molar-refractivity contribution in [2.75, 3.05) is 0 Å². The Kier molecular flexibility index (Phi) is 5.55. The molecule has 3 fully saturated rings. The Morgan fingerprint density at radius 3 is 2.65 bits per heavy atom. The molecule has 5 rings (SSSR count). The summed E-state index contributed by atoms with van der Waals surface area (Å²) in [4.78, 5) is 36.4. The number of esters is 1. The summed E-state index contributed by atoms with van der Waals surface area (Å²) in [5.74, 6) is 2.48. The van der Waals surface area contributed by atoms with Gasteiger partial charge in [-0.3, -0.25) is 14.4 Å². The number of hydrogen-bond acceptors (Lipinski definition) is 5. The van der Waals surface area contributed by atoms with Crippen molar-refractivity contribution >= 4 is 17.5 Å². The predicted molar refractivity (Wildman–Crippen MR) is 129 cm³/mol. The Bertz CT molecular complexity index is 975. The molecule has 1 saturated heterocycles. The van der Waals surface area contributed by atoms with E-state index in [2.05, 4.69) is 32.9 Å². The Morgan fingerprint density at radius 1 is 1.21 bits per heavy atom. The number of hydrogen-bond donors (Lipinski definition) is 0. The maximum atomic E-state index is 12.8. The largest absolute Gasteiger partial charge is 0.452 e. The zero-order valence-electron chi connectivity index (χ0n) is 21.6. The van der Waals surface area contributed by atoms with Crippen molar-refractivity contribution in [3.63, 3.8) is 0 Å². The first-order valence-electron chi connectivity index (χ1n) is 13.2. The number of rotatable bonds is 6. The number of carbonyl (C=O) groups excluding carboxylic acids is 3. The molecule has 0 aromatic heterocycles. The van der Waals surface area contributed by atoms with Crippen LogP contribution < -0.4 is 0 Å². The van der Waals surface area contributed by atoms with E-state index in [1.165, 1.54) is 31.8 Å². The summed E-state index contributed by atoms with van der Waals surface area (Å²) in [7, 11) is 0. The highest BCUT2D eigenvalue weighted by molar-refractivity contribution is 5.98. The summed E-state index contributed by atoms with van der Waals surface area (Å²) in [6.07, 6.45) is 12.4. The smallest absolute Gasteiger partial charge is 0.303 e. The van der Waals surface area contributed by atoms with E-state index in [4.69, 9.17) is 9.47 Å². The molecule has 0 spiro atoms. The van der Waals surface area contributed by atoms with Gasteiger partial charge in [-0.2, -0.15) is 0 Å². The standard InChI is InChI=1S/C29H40O5/c1-16(7-12-24(32)27(3,4)34-17(2)30)20-10-11-21-19-9-8-18-15-23(31)25-26(33-25)29(18,6)22(19)13-14-28(20,21)5/h8-9,15-16,19-22,25-26H,7,10-14H2,1-6H3/t16-,19+,20-,21+,22+,25+,26+,28-,29+/m1/s1. The number of Topliss-reactive ketones (excluding diaryl/α,β-unsaturated/α-hetero) is 1. The fourth-order valence-corrected chi connectivity index (χ4v) is 8.62. The van der Waals surface area contributed by atoms with E-state index >= 15 is 0 Å². The molecule has 0 aromatic rings. The minimum Gasteiger partial charge on any atom is -0.452 e. The second-order valence-corrected chi connectivity index (χ2v) is 12.7. The minimum absolute atomic E-state index is 0.00578. The van der Waals surface area contributed by atoms with E-state index in [0.29, 0.717) is 36.0 Å². The third-order valence-corrected chi connectivity index (χ3v) is 10.5. The third-order valence-electron chi connectivity index (χ3n) is 10.5. The molecular formula is C29H40O5. The first-order valence-corrected chi connectivity index (χ1v) is 13.2. The van der Waals surface area contributed by atoms with Gasteiger partial charge in [0.2, 0.25) is 0 Å². The third kappa shape index (κ3) is 3.48. The summed E-state index contributed by atoms with van der Waals surface area (Å²) in [6.45, 7) is 11.9. The molecule has 5 heteroatoms. The summed E-state index contributed by atoms with van der Waals surface area (Å²) in [6, 6.07) is 0. The van der Waals surface area contributed by atoms with Crippen molar-refractivity contribution in [1.29, 1.82) is 0 Å². The molecule has 0 aromatic carbocycles. The van der Waals surface area contributed by atoms with E-state index in [9.17, 15) is 14.4 Å². The van der Waals surface area contributed by atoms with Gasteiger partial charge >= 0.3 is 5.97 Å². The average molecular weight is 469 g/mol. The second-order valence-electron chi connectivity index (χ2n) is 12.7. The van der Waals surface area contributed by atoms with Gasteiger partial charge in [0.1, 0.15) is 12.2 Å². The molecule has 9 atom stereocenters. The number of ketones is 2. The lowest BCUT2D eigenvalue weighted by Crippen LogP contribution is -2.51. The van der Waals surface area contributed by atoms with Crippen LogP contribution in [0.15, 0.2) is 23.8 Å². The fraction of sp³-hybridized carbons (Fsp3) is 0.759. The molecule has 34 heavy (non-hydrogen) atoms. The molecule has 2 saturated carbocycles. The molecule has 0 N–H and O–H groups in total. The molecule has 1 aliphatic heterocycles. The molecule has 5 nitrogen and oxygen atoms in total. The molecule has 0 radical (unpaired) electrons. The van der Waals surface area contributed by atoms with Gasteiger partial charge in [-0.15, -0.1) is 0 Å². The SMILES string of the molecule is CC(=O)OC(C)(C)C(=O)CC[C@@H](C)[C@H]1CC[C@H]2[C@@H]3C=CC4=CC(=O)[C@@H]5O[C@@H]5[C@]4(C)[C@H]3CC[C@]12C. The average Bonchev–Trinajstić information content (AvgIpc) is 3.49. The molecule has 4 aliphatic carbocycles. The lowest BCUT2D eigenvalue weighted by Gasteiger charge is -2.56. The van der Waals surface area contributed by atoms with Crippen molar-refractivity contribution < 1.29 is 23.9 Å². The van der Waals surface area contributed by atoms with Gasteiger partial charge in [0.15, 0.2) is 17.2 Å². The van der Waals surface area contributed by atoms with Gasteiger partial charge in [0.25, 0.3) is 0 Å². The van der Waals surface area contributed by atoms with Crippen molar-refractivity contribution in [1.82, 2.24) is 0 Å². The molecule has 5 aliphatic rings. The van der Waals surface area contributed by atoms with Crippen molar-refractivity contribution in [2.24, 2.45) is 40.4 Å². The van der Waals surface area contributed by atoms with Gasteiger partial charge in [-0.05, 0) is 92.6 Å². The van der Waals surface area contributed by atoms with Crippen molar-refractivity contribution in [2.45, 2.75) is 97.9 Å². The van der Waals surface area contributed by atoms with Crippen molar-refractivity contribution in [3.8, 4) is 0 Å². The molecule has 0 unspecified atom stereocenters. The molecule has 186 valence electrons. The lowest BCUT2D eigenvalue weighted by molar-refractivity contribution is -0.162. The number of epoxide rings is 1. The highest BCUT2D eigenvalue weighted by Crippen LogP contribution is 2.68. The Labute approximate surface area is 203 Å². The van der Waals surface area contributed by atoms with E-state index in [0.717, 1.165) is 12.8 Å². The van der Waals surface area contributed by atoms with Gasteiger partial charge in [-0.25, -0.2) is 0 Å². The summed E-state index contributed by atoms with van der Waals surface area (Å²) in [5.41, 5.74) is 0.352. The number of carbonyl (C=O) groups is 3. The zero-order chi connectivity index (χ0) is 24.6. The van der Waals surface area contributed by atoms with Crippen LogP contribution >= 0.6 is 0 Å². The van der Waals surface area contributed by atoms with Crippen molar-refractivity contribution in [3.05, 3.63) is 23.8 Å². The summed E-state index contributed by atoms with van der Waals surface area (Å²) in [5, 5.41) is 0. The number of allylic oxidation sites excluding steroid dienone is 2. The topological polar surface area (TPSA) is 73.0 Å². The van der Waals surface area contributed by atoms with E-state index in [1.54, 1.807) is 13.8 Å². The van der Waals surface area contributed by atoms with E-state index in [-0.39, 0.29) is 34.6 Å². The number of ether oxygens (including phenoxy) is 2. The molecule has 1 heterocycles. The van der Waals surface area contributed by atoms with Crippen LogP contribution in [0, 0.1) is 40.4 Å². The fourth-order valence-electron chi connectivity index (χ4n) is 8.62. The lowest BCUT2D eigenvalue weighted by atomic mass is 9.48. The second kappa shape index (κ2) is 7.88. The van der Waals surface area contributed by atoms with Crippen LogP contribution in [0.25, 0.3) is 0 Å². The van der Waals surface area contributed by atoms with Gasteiger partial charge in [0, 0.05) is 18.8 Å². The number of fused-ring (bicyclic) bond motifs is 7. The maximum absolute atomic E-state index is 12.8. The summed E-state index contributed by atoms with van der Waals surface area (Å²) >= 11 is 0. The summed E-state index contributed by atoms with van der Waals surface area (Å²) < 4.78 is 11.2. The van der Waals surface area contributed by atoms with Crippen LogP contribution in [0.1, 0.15) is 80.1 Å². The molecular weight excluding hydrogens is 428 g/mol. The monoisotopic (exact) mass is 468 g/mol. The van der Waals surface area contributed by atoms with Gasteiger partial charge in [0.05, 0.1) is 0 Å². The maximum Gasteiger partial charge on any atom is 0.303 e. The Morgan fingerprint density at radius 2 is 1.94 bits per heavy atom. The highest BCUT2D eigenvalue weighted by Gasteiger charge is 2.66. The zero-order valence-corrected chi connectivity index (χ0v) is 21.6. The van der Waals surface area contributed by atoms with Crippen LogP contribution in [0.4, 0.5) is 0 Å². The Balaban J connectivity index is 1.30. The first-order chi connectivity index (χ1) is 15.9. The van der Waals surface area contributed by atoms with Crippen LogP contribution in [0.5, 0.6) is 0 Å². The highest BCUT2D eigenvalue weighted by atomic mass is 16.6. The first kappa shape index (κ1) is 24.0. The van der Waals surface area contributed by atoms with Crippen LogP contribution in [0.2, 0.25) is 0 Å². The van der Waals surface area contributed by atoms with Crippen LogP contribution in [0.3, 0.4) is 0 Å². The quantitative estimate of drug-likeness (QED) is 0.394. The van der Waals surface area contributed by atoms with E-state index in [1.807, 2.05) is 6.08 Å². The normalized spacial score (nSPS) is 43.1. The van der Waals surface area contributed by atoms with E-state index < -0.39 is 11.6 Å². The van der Waals surface area contributed by atoms with Crippen LogP contribution in [-0.4, -0.2) is 35.3 Å².